The number of pyridine rings is 1. The number of nitrogens with zero attached hydrogens (tertiary/aromatic N) is 1. The lowest BCUT2D eigenvalue weighted by molar-refractivity contribution is 0.0948. The second-order valence-electron chi connectivity index (χ2n) is 4.87. The lowest BCUT2D eigenvalue weighted by Crippen LogP contribution is -2.25. The van der Waals surface area contributed by atoms with Crippen molar-refractivity contribution in [2.24, 2.45) is 0 Å². The van der Waals surface area contributed by atoms with Crippen LogP contribution in [0.5, 0.6) is 0 Å². The first kappa shape index (κ1) is 16.0. The molecule has 1 amide bonds. The zero-order valence-corrected chi connectivity index (χ0v) is 12.7. The van der Waals surface area contributed by atoms with Crippen molar-refractivity contribution >= 4 is 11.7 Å². The van der Waals surface area contributed by atoms with Gasteiger partial charge in [0.25, 0.3) is 5.91 Å². The van der Waals surface area contributed by atoms with Gasteiger partial charge in [-0.2, -0.15) is 0 Å². The molecule has 2 rings (SSSR count). The normalized spacial score (nSPS) is 10.2. The summed E-state index contributed by atoms with van der Waals surface area (Å²) in [5.41, 5.74) is 1.77. The topological polar surface area (TPSA) is 63.2 Å². The summed E-state index contributed by atoms with van der Waals surface area (Å²) in [4.78, 5) is 16.3. The Kier molecular flexibility index (Phi) is 6.39. The van der Waals surface area contributed by atoms with E-state index in [2.05, 4.69) is 15.6 Å². The standard InChI is InChI=1S/C17H21N3O2/c1-22-11-5-9-19-17(21)15-8-10-18-16(12-15)20-13-14-6-3-2-4-7-14/h2-4,6-8,10,12H,5,9,11,13H2,1H3,(H,18,20)(H,19,21). The van der Waals surface area contributed by atoms with Gasteiger partial charge in [-0.3, -0.25) is 4.79 Å². The third-order valence-electron chi connectivity index (χ3n) is 3.15. The lowest BCUT2D eigenvalue weighted by atomic mass is 10.2. The Hall–Kier alpha value is -2.40. The Morgan fingerprint density at radius 3 is 2.82 bits per heavy atom. The van der Waals surface area contributed by atoms with E-state index < -0.39 is 0 Å². The third-order valence-corrected chi connectivity index (χ3v) is 3.15. The summed E-state index contributed by atoms with van der Waals surface area (Å²) < 4.78 is 4.95. The fraction of sp³-hybridized carbons (Fsp3) is 0.294. The van der Waals surface area contributed by atoms with E-state index in [0.29, 0.717) is 31.1 Å². The first-order chi connectivity index (χ1) is 10.8. The summed E-state index contributed by atoms with van der Waals surface area (Å²) in [5.74, 6) is 0.592. The van der Waals surface area contributed by atoms with E-state index in [9.17, 15) is 4.79 Å². The molecule has 0 spiro atoms. The number of nitrogens with one attached hydrogen (secondary N) is 2. The molecule has 0 fully saturated rings. The number of rotatable bonds is 8. The Bertz CT molecular complexity index is 587. The molecular weight excluding hydrogens is 278 g/mol. The van der Waals surface area contributed by atoms with Gasteiger partial charge in [-0.15, -0.1) is 0 Å². The maximum absolute atomic E-state index is 12.0. The molecule has 0 saturated heterocycles. The van der Waals surface area contributed by atoms with Crippen molar-refractivity contribution in [2.45, 2.75) is 13.0 Å². The zero-order chi connectivity index (χ0) is 15.6. The molecule has 1 aromatic carbocycles. The van der Waals surface area contributed by atoms with Crippen LogP contribution < -0.4 is 10.6 Å². The molecule has 5 nitrogen and oxygen atoms in total. The molecule has 22 heavy (non-hydrogen) atoms. The highest BCUT2D eigenvalue weighted by Crippen LogP contribution is 2.09. The molecule has 2 N–H and O–H groups in total. The van der Waals surface area contributed by atoms with E-state index in [0.717, 1.165) is 6.42 Å². The summed E-state index contributed by atoms with van der Waals surface area (Å²) in [7, 11) is 1.65. The van der Waals surface area contributed by atoms with Crippen molar-refractivity contribution in [2.75, 3.05) is 25.6 Å². The second kappa shape index (κ2) is 8.79. The van der Waals surface area contributed by atoms with Gasteiger partial charge in [-0.05, 0) is 24.1 Å². The number of hydrogen-bond acceptors (Lipinski definition) is 4. The third kappa shape index (κ3) is 5.18. The van der Waals surface area contributed by atoms with Gasteiger partial charge in [-0.1, -0.05) is 30.3 Å². The molecule has 0 atom stereocenters. The maximum atomic E-state index is 12.0. The van der Waals surface area contributed by atoms with Crippen molar-refractivity contribution in [3.05, 3.63) is 59.8 Å². The Morgan fingerprint density at radius 2 is 2.05 bits per heavy atom. The van der Waals surface area contributed by atoms with Crippen LogP contribution in [0.1, 0.15) is 22.3 Å². The number of ether oxygens (including phenoxy) is 1. The van der Waals surface area contributed by atoms with Crippen molar-refractivity contribution < 1.29 is 9.53 Å². The molecule has 0 radical (unpaired) electrons. The predicted octanol–water partition coefficient (Wildman–Crippen LogP) is 2.46. The number of carbonyl (C=O) groups is 1. The Balaban J connectivity index is 1.87. The van der Waals surface area contributed by atoms with Gasteiger partial charge in [0.1, 0.15) is 5.82 Å². The van der Waals surface area contributed by atoms with E-state index in [1.54, 1.807) is 25.4 Å². The Morgan fingerprint density at radius 1 is 1.23 bits per heavy atom. The smallest absolute Gasteiger partial charge is 0.251 e. The molecule has 1 heterocycles. The van der Waals surface area contributed by atoms with Gasteiger partial charge in [0.05, 0.1) is 0 Å². The fourth-order valence-electron chi connectivity index (χ4n) is 1.98. The molecule has 0 saturated carbocycles. The summed E-state index contributed by atoms with van der Waals surface area (Å²) in [6, 6.07) is 13.5. The van der Waals surface area contributed by atoms with Crippen molar-refractivity contribution in [1.82, 2.24) is 10.3 Å². The van der Waals surface area contributed by atoms with E-state index in [-0.39, 0.29) is 5.91 Å². The Labute approximate surface area is 130 Å². The highest BCUT2D eigenvalue weighted by atomic mass is 16.5. The number of hydrogen-bond donors (Lipinski definition) is 2. The SMILES string of the molecule is COCCCNC(=O)c1ccnc(NCc2ccccc2)c1. The average molecular weight is 299 g/mol. The van der Waals surface area contributed by atoms with Crippen LogP contribution >= 0.6 is 0 Å². The number of anilines is 1. The summed E-state index contributed by atoms with van der Waals surface area (Å²) in [5, 5.41) is 6.08. The zero-order valence-electron chi connectivity index (χ0n) is 12.7. The first-order valence-electron chi connectivity index (χ1n) is 7.30. The minimum absolute atomic E-state index is 0.0961. The van der Waals surface area contributed by atoms with Gasteiger partial charge >= 0.3 is 0 Å². The largest absolute Gasteiger partial charge is 0.385 e. The van der Waals surface area contributed by atoms with Gasteiger partial charge in [0.2, 0.25) is 0 Å². The minimum Gasteiger partial charge on any atom is -0.385 e. The quantitative estimate of drug-likeness (QED) is 0.735. The van der Waals surface area contributed by atoms with E-state index in [1.807, 2.05) is 30.3 Å². The summed E-state index contributed by atoms with van der Waals surface area (Å²) in [6.45, 7) is 1.91. The molecule has 0 aliphatic heterocycles. The van der Waals surface area contributed by atoms with Crippen molar-refractivity contribution in [3.63, 3.8) is 0 Å². The highest BCUT2D eigenvalue weighted by molar-refractivity contribution is 5.94. The molecule has 116 valence electrons. The average Bonchev–Trinajstić information content (AvgIpc) is 2.58. The fourth-order valence-corrected chi connectivity index (χ4v) is 1.98. The maximum Gasteiger partial charge on any atom is 0.251 e. The molecule has 1 aromatic heterocycles. The van der Waals surface area contributed by atoms with E-state index >= 15 is 0 Å². The minimum atomic E-state index is -0.0961. The van der Waals surface area contributed by atoms with Gasteiger partial charge < -0.3 is 15.4 Å². The number of amides is 1. The molecule has 0 bridgehead atoms. The van der Waals surface area contributed by atoms with Gasteiger partial charge in [0, 0.05) is 38.6 Å². The van der Waals surface area contributed by atoms with Crippen LogP contribution in [0.3, 0.4) is 0 Å². The molecule has 2 aromatic rings. The second-order valence-corrected chi connectivity index (χ2v) is 4.87. The molecule has 0 aliphatic rings. The van der Waals surface area contributed by atoms with Crippen LogP contribution in [-0.4, -0.2) is 31.2 Å². The molecule has 0 unspecified atom stereocenters. The van der Waals surface area contributed by atoms with Crippen molar-refractivity contribution in [1.29, 1.82) is 0 Å². The summed E-state index contributed by atoms with van der Waals surface area (Å²) in [6.07, 6.45) is 2.43. The van der Waals surface area contributed by atoms with E-state index in [4.69, 9.17) is 4.74 Å². The van der Waals surface area contributed by atoms with Crippen LogP contribution in [0.25, 0.3) is 0 Å². The first-order valence-corrected chi connectivity index (χ1v) is 7.30. The van der Waals surface area contributed by atoms with Crippen LogP contribution in [0.2, 0.25) is 0 Å². The van der Waals surface area contributed by atoms with Crippen LogP contribution in [-0.2, 0) is 11.3 Å². The van der Waals surface area contributed by atoms with Gasteiger partial charge in [-0.25, -0.2) is 4.98 Å². The lowest BCUT2D eigenvalue weighted by Gasteiger charge is -2.08. The van der Waals surface area contributed by atoms with E-state index in [1.165, 1.54) is 5.56 Å². The molecule has 0 aliphatic carbocycles. The van der Waals surface area contributed by atoms with Crippen LogP contribution in [0.15, 0.2) is 48.7 Å². The molecular formula is C17H21N3O2. The van der Waals surface area contributed by atoms with Crippen LogP contribution in [0, 0.1) is 0 Å². The summed E-state index contributed by atoms with van der Waals surface area (Å²) >= 11 is 0. The van der Waals surface area contributed by atoms with Gasteiger partial charge in [0.15, 0.2) is 0 Å². The monoisotopic (exact) mass is 299 g/mol. The number of carbonyl (C=O) groups excluding carboxylic acids is 1. The van der Waals surface area contributed by atoms with Crippen LogP contribution in [0.4, 0.5) is 5.82 Å². The molecule has 5 heteroatoms. The number of aromatic nitrogens is 1. The van der Waals surface area contributed by atoms with Crippen molar-refractivity contribution in [3.8, 4) is 0 Å². The highest BCUT2D eigenvalue weighted by Gasteiger charge is 2.06. The number of methoxy groups -OCH3 is 1. The number of benzene rings is 1. The predicted molar refractivity (Wildman–Crippen MR) is 86.8 cm³/mol.